The van der Waals surface area contributed by atoms with Gasteiger partial charge in [0, 0.05) is 32.4 Å². The SMILES string of the molecule is Cc1cc(C(C)NC(=O)c2cccc3[nH]ccc23)c(C)s1. The van der Waals surface area contributed by atoms with E-state index in [1.165, 1.54) is 15.3 Å². The Morgan fingerprint density at radius 2 is 2.10 bits per heavy atom. The fourth-order valence-electron chi connectivity index (χ4n) is 2.72. The number of thiophene rings is 1. The van der Waals surface area contributed by atoms with E-state index in [1.807, 2.05) is 37.4 Å². The number of hydrogen-bond donors (Lipinski definition) is 2. The number of aromatic nitrogens is 1. The van der Waals surface area contributed by atoms with Crippen LogP contribution in [0, 0.1) is 13.8 Å². The Morgan fingerprint density at radius 1 is 1.29 bits per heavy atom. The van der Waals surface area contributed by atoms with Crippen LogP contribution in [0.1, 0.15) is 38.6 Å². The van der Waals surface area contributed by atoms with Crippen molar-refractivity contribution in [2.45, 2.75) is 26.8 Å². The largest absolute Gasteiger partial charge is 0.361 e. The van der Waals surface area contributed by atoms with Crippen molar-refractivity contribution in [2.24, 2.45) is 0 Å². The molecule has 1 aromatic carbocycles. The first-order chi connectivity index (χ1) is 10.1. The van der Waals surface area contributed by atoms with E-state index in [4.69, 9.17) is 0 Å². The lowest BCUT2D eigenvalue weighted by molar-refractivity contribution is 0.0941. The minimum absolute atomic E-state index is 0.0108. The standard InChI is InChI=1S/C17H18N2OS/c1-10-9-15(12(3)21-10)11(2)19-17(20)14-5-4-6-16-13(14)7-8-18-16/h4-9,11,18H,1-3H3,(H,19,20). The Kier molecular flexibility index (Phi) is 3.55. The fraction of sp³-hybridized carbons (Fsp3) is 0.235. The van der Waals surface area contributed by atoms with Crippen LogP contribution < -0.4 is 5.32 Å². The van der Waals surface area contributed by atoms with E-state index in [2.05, 4.69) is 30.2 Å². The maximum Gasteiger partial charge on any atom is 0.252 e. The molecule has 2 aromatic heterocycles. The Balaban J connectivity index is 1.86. The zero-order valence-electron chi connectivity index (χ0n) is 12.4. The van der Waals surface area contributed by atoms with Crippen molar-refractivity contribution < 1.29 is 4.79 Å². The van der Waals surface area contributed by atoms with Crippen LogP contribution in [0.2, 0.25) is 0 Å². The first kappa shape index (κ1) is 13.9. The number of nitrogens with one attached hydrogen (secondary N) is 2. The summed E-state index contributed by atoms with van der Waals surface area (Å²) in [4.78, 5) is 18.2. The fourth-order valence-corrected chi connectivity index (χ4v) is 3.74. The molecule has 1 unspecified atom stereocenters. The summed E-state index contributed by atoms with van der Waals surface area (Å²) in [6, 6.07) is 9.85. The number of amides is 1. The minimum atomic E-state index is -0.0315. The molecule has 0 saturated carbocycles. The van der Waals surface area contributed by atoms with Crippen molar-refractivity contribution in [1.29, 1.82) is 0 Å². The van der Waals surface area contributed by atoms with Crippen LogP contribution in [0.4, 0.5) is 0 Å². The number of carbonyl (C=O) groups excluding carboxylic acids is 1. The van der Waals surface area contributed by atoms with E-state index < -0.39 is 0 Å². The van der Waals surface area contributed by atoms with Crippen LogP contribution in [0.25, 0.3) is 10.9 Å². The van der Waals surface area contributed by atoms with Crippen LogP contribution in [0.3, 0.4) is 0 Å². The molecular weight excluding hydrogens is 280 g/mol. The summed E-state index contributed by atoms with van der Waals surface area (Å²) in [6.45, 7) is 6.22. The number of H-pyrrole nitrogens is 1. The van der Waals surface area contributed by atoms with Gasteiger partial charge in [-0.2, -0.15) is 0 Å². The quantitative estimate of drug-likeness (QED) is 0.742. The molecule has 0 radical (unpaired) electrons. The predicted octanol–water partition coefficient (Wildman–Crippen LogP) is 4.34. The second kappa shape index (κ2) is 5.37. The van der Waals surface area contributed by atoms with Crippen molar-refractivity contribution in [1.82, 2.24) is 10.3 Å². The molecular formula is C17H18N2OS. The molecule has 3 nitrogen and oxygen atoms in total. The molecule has 3 aromatic rings. The molecule has 3 rings (SSSR count). The molecule has 1 atom stereocenters. The van der Waals surface area contributed by atoms with Gasteiger partial charge in [-0.1, -0.05) is 6.07 Å². The first-order valence-electron chi connectivity index (χ1n) is 7.00. The third-order valence-electron chi connectivity index (χ3n) is 3.73. The number of rotatable bonds is 3. The lowest BCUT2D eigenvalue weighted by atomic mass is 10.1. The minimum Gasteiger partial charge on any atom is -0.361 e. The molecule has 21 heavy (non-hydrogen) atoms. The molecule has 4 heteroatoms. The van der Waals surface area contributed by atoms with E-state index in [0.717, 1.165) is 10.9 Å². The van der Waals surface area contributed by atoms with Gasteiger partial charge in [-0.25, -0.2) is 0 Å². The van der Waals surface area contributed by atoms with Gasteiger partial charge in [0.25, 0.3) is 5.91 Å². The Morgan fingerprint density at radius 3 is 2.81 bits per heavy atom. The van der Waals surface area contributed by atoms with Crippen molar-refractivity contribution >= 4 is 28.1 Å². The molecule has 2 N–H and O–H groups in total. The van der Waals surface area contributed by atoms with Gasteiger partial charge in [0.2, 0.25) is 0 Å². The molecule has 0 aliphatic heterocycles. The van der Waals surface area contributed by atoms with E-state index in [1.54, 1.807) is 11.3 Å². The van der Waals surface area contributed by atoms with Crippen molar-refractivity contribution in [3.8, 4) is 0 Å². The third kappa shape index (κ3) is 2.59. The summed E-state index contributed by atoms with van der Waals surface area (Å²) in [7, 11) is 0. The smallest absolute Gasteiger partial charge is 0.252 e. The molecule has 0 bridgehead atoms. The van der Waals surface area contributed by atoms with Crippen LogP contribution in [-0.2, 0) is 0 Å². The first-order valence-corrected chi connectivity index (χ1v) is 7.82. The van der Waals surface area contributed by atoms with Crippen LogP contribution in [0.15, 0.2) is 36.5 Å². The van der Waals surface area contributed by atoms with Gasteiger partial charge in [-0.05, 0) is 50.6 Å². The number of fused-ring (bicyclic) bond motifs is 1. The van der Waals surface area contributed by atoms with E-state index in [9.17, 15) is 4.79 Å². The van der Waals surface area contributed by atoms with Gasteiger partial charge in [-0.3, -0.25) is 4.79 Å². The second-order valence-corrected chi connectivity index (χ2v) is 6.77. The highest BCUT2D eigenvalue weighted by molar-refractivity contribution is 7.12. The number of aryl methyl sites for hydroxylation is 2. The Labute approximate surface area is 128 Å². The Bertz CT molecular complexity index is 800. The Hall–Kier alpha value is -2.07. The van der Waals surface area contributed by atoms with E-state index >= 15 is 0 Å². The van der Waals surface area contributed by atoms with Crippen LogP contribution >= 0.6 is 11.3 Å². The zero-order chi connectivity index (χ0) is 15.0. The number of aromatic amines is 1. The van der Waals surface area contributed by atoms with E-state index in [0.29, 0.717) is 5.56 Å². The number of hydrogen-bond acceptors (Lipinski definition) is 2. The van der Waals surface area contributed by atoms with Gasteiger partial charge in [0.05, 0.1) is 6.04 Å². The summed E-state index contributed by atoms with van der Waals surface area (Å²) < 4.78 is 0. The highest BCUT2D eigenvalue weighted by Crippen LogP contribution is 2.26. The topological polar surface area (TPSA) is 44.9 Å². The molecule has 2 heterocycles. The molecule has 0 spiro atoms. The maximum absolute atomic E-state index is 12.5. The normalized spacial score (nSPS) is 12.5. The summed E-state index contributed by atoms with van der Waals surface area (Å²) in [5, 5.41) is 4.06. The lowest BCUT2D eigenvalue weighted by Crippen LogP contribution is -2.26. The maximum atomic E-state index is 12.5. The monoisotopic (exact) mass is 298 g/mol. The van der Waals surface area contributed by atoms with Gasteiger partial charge in [0.15, 0.2) is 0 Å². The predicted molar refractivity (Wildman–Crippen MR) is 88.0 cm³/mol. The highest BCUT2D eigenvalue weighted by Gasteiger charge is 2.16. The molecule has 0 aliphatic carbocycles. The number of benzene rings is 1. The molecule has 0 fully saturated rings. The molecule has 0 saturated heterocycles. The van der Waals surface area contributed by atoms with Crippen LogP contribution in [-0.4, -0.2) is 10.9 Å². The average Bonchev–Trinajstić information content (AvgIpc) is 3.04. The zero-order valence-corrected chi connectivity index (χ0v) is 13.2. The molecule has 0 aliphatic rings. The average molecular weight is 298 g/mol. The van der Waals surface area contributed by atoms with E-state index in [-0.39, 0.29) is 11.9 Å². The van der Waals surface area contributed by atoms with Crippen molar-refractivity contribution in [2.75, 3.05) is 0 Å². The number of carbonyl (C=O) groups is 1. The summed E-state index contributed by atoms with van der Waals surface area (Å²) in [6.07, 6.45) is 1.86. The van der Waals surface area contributed by atoms with Crippen molar-refractivity contribution in [3.63, 3.8) is 0 Å². The third-order valence-corrected chi connectivity index (χ3v) is 4.71. The molecule has 108 valence electrons. The highest BCUT2D eigenvalue weighted by atomic mass is 32.1. The van der Waals surface area contributed by atoms with Gasteiger partial charge in [-0.15, -0.1) is 11.3 Å². The lowest BCUT2D eigenvalue weighted by Gasteiger charge is -2.14. The summed E-state index contributed by atoms with van der Waals surface area (Å²) in [5.74, 6) is -0.0315. The van der Waals surface area contributed by atoms with Gasteiger partial charge >= 0.3 is 0 Å². The summed E-state index contributed by atoms with van der Waals surface area (Å²) >= 11 is 1.77. The van der Waals surface area contributed by atoms with Gasteiger partial charge in [0.1, 0.15) is 0 Å². The second-order valence-electron chi connectivity index (χ2n) is 5.31. The van der Waals surface area contributed by atoms with Crippen LogP contribution in [0.5, 0.6) is 0 Å². The summed E-state index contributed by atoms with van der Waals surface area (Å²) in [5.41, 5.74) is 2.90. The molecule has 1 amide bonds. The van der Waals surface area contributed by atoms with Gasteiger partial charge < -0.3 is 10.3 Å². The van der Waals surface area contributed by atoms with Crippen molar-refractivity contribution in [3.05, 3.63) is 57.4 Å².